The number of unbranched alkanes of at least 4 members (excludes halogenated alkanes) is 1. The molecule has 1 unspecified atom stereocenters. The maximum atomic E-state index is 12.0. The van der Waals surface area contributed by atoms with Gasteiger partial charge in [-0.25, -0.2) is 8.42 Å². The molecule has 108 valence electrons. The van der Waals surface area contributed by atoms with E-state index in [0.29, 0.717) is 17.7 Å². The average molecular weight is 285 g/mol. The van der Waals surface area contributed by atoms with E-state index in [4.69, 9.17) is 10.5 Å². The highest BCUT2D eigenvalue weighted by atomic mass is 32.2. The molecule has 0 aliphatic carbocycles. The van der Waals surface area contributed by atoms with Crippen molar-refractivity contribution in [2.45, 2.75) is 38.5 Å². The number of hydrogen-bond donors (Lipinski definition) is 1. The number of methoxy groups -OCH3 is 1. The Kier molecular flexibility index (Phi) is 5.82. The van der Waals surface area contributed by atoms with Crippen molar-refractivity contribution in [2.24, 2.45) is 5.73 Å². The summed E-state index contributed by atoms with van der Waals surface area (Å²) in [5.41, 5.74) is 7.43. The Morgan fingerprint density at radius 1 is 1.37 bits per heavy atom. The summed E-state index contributed by atoms with van der Waals surface area (Å²) in [6.45, 7) is 3.85. The van der Waals surface area contributed by atoms with Crippen LogP contribution >= 0.6 is 0 Å². The highest BCUT2D eigenvalue weighted by Crippen LogP contribution is 2.24. The molecule has 4 nitrogen and oxygen atoms in total. The third-order valence-electron chi connectivity index (χ3n) is 3.01. The normalized spacial score (nSPS) is 13.3. The third-order valence-corrected chi connectivity index (χ3v) is 4.68. The van der Waals surface area contributed by atoms with Crippen LogP contribution in [0.15, 0.2) is 18.2 Å². The van der Waals surface area contributed by atoms with Gasteiger partial charge < -0.3 is 10.5 Å². The fourth-order valence-electron chi connectivity index (χ4n) is 1.87. The first-order valence-corrected chi connectivity index (χ1v) is 8.34. The Morgan fingerprint density at radius 2 is 2.05 bits per heavy atom. The smallest absolute Gasteiger partial charge is 0.154 e. The molecule has 0 fully saturated rings. The standard InChI is InChI=1S/C14H23NO3S/c1-4-5-8-19(16,17)10-13-9-12(11(2)15)6-7-14(13)18-3/h6-7,9,11H,4-5,8,10,15H2,1-3H3. The minimum Gasteiger partial charge on any atom is -0.496 e. The molecule has 1 aromatic carbocycles. The summed E-state index contributed by atoms with van der Waals surface area (Å²) in [5.74, 6) is 0.829. The van der Waals surface area contributed by atoms with Crippen molar-refractivity contribution < 1.29 is 13.2 Å². The second kappa shape index (κ2) is 6.91. The van der Waals surface area contributed by atoms with Gasteiger partial charge in [-0.2, -0.15) is 0 Å². The van der Waals surface area contributed by atoms with Gasteiger partial charge in [-0.15, -0.1) is 0 Å². The van der Waals surface area contributed by atoms with Crippen molar-refractivity contribution in [1.29, 1.82) is 0 Å². The minimum absolute atomic E-state index is 0.0106. The maximum Gasteiger partial charge on any atom is 0.154 e. The molecule has 0 aliphatic heterocycles. The highest BCUT2D eigenvalue weighted by molar-refractivity contribution is 7.90. The lowest BCUT2D eigenvalue weighted by Gasteiger charge is -2.13. The summed E-state index contributed by atoms with van der Waals surface area (Å²) in [5, 5.41) is 0. The quantitative estimate of drug-likeness (QED) is 0.835. The number of rotatable bonds is 7. The van der Waals surface area contributed by atoms with Crippen LogP contribution in [0.4, 0.5) is 0 Å². The van der Waals surface area contributed by atoms with Crippen LogP contribution in [0.25, 0.3) is 0 Å². The van der Waals surface area contributed by atoms with E-state index in [1.54, 1.807) is 13.2 Å². The zero-order valence-corrected chi connectivity index (χ0v) is 12.7. The average Bonchev–Trinajstić information content (AvgIpc) is 2.35. The Hall–Kier alpha value is -1.07. The second-order valence-corrected chi connectivity index (χ2v) is 6.99. The molecule has 1 atom stereocenters. The first-order valence-electron chi connectivity index (χ1n) is 6.52. The maximum absolute atomic E-state index is 12.0. The summed E-state index contributed by atoms with van der Waals surface area (Å²) in [6, 6.07) is 5.35. The van der Waals surface area contributed by atoms with Gasteiger partial charge in [0.05, 0.1) is 18.6 Å². The molecule has 1 rings (SSSR count). The molecule has 5 heteroatoms. The summed E-state index contributed by atoms with van der Waals surface area (Å²) >= 11 is 0. The predicted octanol–water partition coefficient (Wildman–Crippen LogP) is 2.43. The van der Waals surface area contributed by atoms with E-state index in [1.165, 1.54) is 0 Å². The van der Waals surface area contributed by atoms with E-state index in [0.717, 1.165) is 12.0 Å². The molecular weight excluding hydrogens is 262 g/mol. The van der Waals surface area contributed by atoms with Crippen LogP contribution in [-0.4, -0.2) is 21.3 Å². The molecule has 0 amide bonds. The van der Waals surface area contributed by atoms with Crippen LogP contribution in [0.5, 0.6) is 5.75 Å². The fraction of sp³-hybridized carbons (Fsp3) is 0.571. The lowest BCUT2D eigenvalue weighted by atomic mass is 10.1. The number of benzene rings is 1. The van der Waals surface area contributed by atoms with Crippen molar-refractivity contribution in [3.05, 3.63) is 29.3 Å². The van der Waals surface area contributed by atoms with Crippen molar-refractivity contribution in [1.82, 2.24) is 0 Å². The molecule has 2 N–H and O–H groups in total. The van der Waals surface area contributed by atoms with Gasteiger partial charge in [0.15, 0.2) is 9.84 Å². The highest BCUT2D eigenvalue weighted by Gasteiger charge is 2.16. The Labute approximate surface area is 115 Å². The number of ether oxygens (including phenoxy) is 1. The Morgan fingerprint density at radius 3 is 2.58 bits per heavy atom. The lowest BCUT2D eigenvalue weighted by molar-refractivity contribution is 0.410. The van der Waals surface area contributed by atoms with Crippen molar-refractivity contribution in [3.63, 3.8) is 0 Å². The van der Waals surface area contributed by atoms with Gasteiger partial charge in [-0.1, -0.05) is 19.4 Å². The largest absolute Gasteiger partial charge is 0.496 e. The first-order chi connectivity index (χ1) is 8.89. The van der Waals surface area contributed by atoms with E-state index in [9.17, 15) is 8.42 Å². The van der Waals surface area contributed by atoms with Gasteiger partial charge in [0.1, 0.15) is 5.75 Å². The third kappa shape index (κ3) is 4.84. The van der Waals surface area contributed by atoms with E-state index in [-0.39, 0.29) is 17.5 Å². The molecule has 1 aromatic rings. The first kappa shape index (κ1) is 16.0. The van der Waals surface area contributed by atoms with E-state index < -0.39 is 9.84 Å². The zero-order valence-electron chi connectivity index (χ0n) is 11.8. The van der Waals surface area contributed by atoms with Crippen LogP contribution < -0.4 is 10.5 Å². The van der Waals surface area contributed by atoms with Crippen LogP contribution in [-0.2, 0) is 15.6 Å². The Bertz CT molecular complexity index is 509. The van der Waals surface area contributed by atoms with Crippen molar-refractivity contribution in [3.8, 4) is 5.75 Å². The van der Waals surface area contributed by atoms with Crippen molar-refractivity contribution >= 4 is 9.84 Å². The van der Waals surface area contributed by atoms with Gasteiger partial charge in [-0.3, -0.25) is 0 Å². The monoisotopic (exact) mass is 285 g/mol. The molecule has 0 radical (unpaired) electrons. The van der Waals surface area contributed by atoms with Gasteiger partial charge in [0, 0.05) is 11.6 Å². The van der Waals surface area contributed by atoms with Crippen molar-refractivity contribution in [2.75, 3.05) is 12.9 Å². The molecule has 0 spiro atoms. The molecule has 0 heterocycles. The van der Waals surface area contributed by atoms with Gasteiger partial charge in [-0.05, 0) is 31.0 Å². The van der Waals surface area contributed by atoms with Crippen LogP contribution in [0.1, 0.15) is 43.9 Å². The molecule has 0 aromatic heterocycles. The summed E-state index contributed by atoms with van der Waals surface area (Å²) in [6.07, 6.45) is 1.56. The van der Waals surface area contributed by atoms with E-state index in [2.05, 4.69) is 0 Å². The van der Waals surface area contributed by atoms with E-state index in [1.807, 2.05) is 26.0 Å². The number of sulfone groups is 1. The fourth-order valence-corrected chi connectivity index (χ4v) is 3.44. The summed E-state index contributed by atoms with van der Waals surface area (Å²) < 4.78 is 29.3. The molecule has 0 saturated heterocycles. The van der Waals surface area contributed by atoms with Crippen LogP contribution in [0.3, 0.4) is 0 Å². The summed E-state index contributed by atoms with van der Waals surface area (Å²) in [7, 11) is -1.55. The summed E-state index contributed by atoms with van der Waals surface area (Å²) in [4.78, 5) is 0. The molecule has 0 aliphatic rings. The predicted molar refractivity (Wildman–Crippen MR) is 78.0 cm³/mol. The zero-order chi connectivity index (χ0) is 14.5. The molecule has 19 heavy (non-hydrogen) atoms. The van der Waals surface area contributed by atoms with Crippen LogP contribution in [0, 0.1) is 0 Å². The SMILES string of the molecule is CCCCS(=O)(=O)Cc1cc(C(C)N)ccc1OC. The molecule has 0 saturated carbocycles. The van der Waals surface area contributed by atoms with Crippen LogP contribution in [0.2, 0.25) is 0 Å². The molecule has 0 bridgehead atoms. The number of nitrogens with two attached hydrogens (primary N) is 1. The van der Waals surface area contributed by atoms with E-state index >= 15 is 0 Å². The Balaban J connectivity index is 3.01. The second-order valence-electron chi connectivity index (χ2n) is 4.81. The minimum atomic E-state index is -3.09. The molecular formula is C14H23NO3S. The van der Waals surface area contributed by atoms with Gasteiger partial charge >= 0.3 is 0 Å². The lowest BCUT2D eigenvalue weighted by Crippen LogP contribution is -2.11. The van der Waals surface area contributed by atoms with Gasteiger partial charge in [0.2, 0.25) is 0 Å². The topological polar surface area (TPSA) is 69.4 Å². The van der Waals surface area contributed by atoms with Gasteiger partial charge in [0.25, 0.3) is 0 Å². The number of hydrogen-bond acceptors (Lipinski definition) is 4.